The van der Waals surface area contributed by atoms with Gasteiger partial charge in [-0.3, -0.25) is 4.79 Å². The van der Waals surface area contributed by atoms with Crippen LogP contribution in [0.4, 0.5) is 5.13 Å². The van der Waals surface area contributed by atoms with Crippen LogP contribution in [0.5, 0.6) is 0 Å². The third-order valence-electron chi connectivity index (χ3n) is 0.989. The summed E-state index contributed by atoms with van der Waals surface area (Å²) in [5.74, 6) is -0.294. The van der Waals surface area contributed by atoms with E-state index < -0.39 is 0 Å². The minimum atomic E-state index is -0.294. The first kappa shape index (κ1) is 8.00. The van der Waals surface area contributed by atoms with Crippen molar-refractivity contribution in [1.29, 1.82) is 0 Å². The Labute approximate surface area is 68.0 Å². The maximum absolute atomic E-state index is 10.4. The Morgan fingerprint density at radius 2 is 2.64 bits per heavy atom. The fraction of sp³-hybridized carbons (Fsp3) is 0.333. The highest BCUT2D eigenvalue weighted by atomic mass is 32.1. The van der Waals surface area contributed by atoms with Crippen molar-refractivity contribution >= 4 is 22.4 Å². The van der Waals surface area contributed by atoms with Crippen LogP contribution in [0, 0.1) is 0 Å². The van der Waals surface area contributed by atoms with Crippen molar-refractivity contribution in [3.8, 4) is 0 Å². The summed E-state index contributed by atoms with van der Waals surface area (Å²) >= 11 is 1.32. The van der Waals surface area contributed by atoms with E-state index in [-0.39, 0.29) is 12.6 Å². The van der Waals surface area contributed by atoms with E-state index in [9.17, 15) is 4.79 Å². The Morgan fingerprint density at radius 3 is 3.09 bits per heavy atom. The quantitative estimate of drug-likeness (QED) is 0.670. The highest BCUT2D eigenvalue weighted by Crippen LogP contribution is 2.14. The molecule has 1 heterocycles. The number of esters is 1. The normalized spacial score (nSPS) is 9.55. The van der Waals surface area contributed by atoms with Gasteiger partial charge in [-0.2, -0.15) is 0 Å². The fourth-order valence-corrected chi connectivity index (χ4v) is 1.16. The molecule has 0 radical (unpaired) electrons. The molecule has 0 atom stereocenters. The first-order chi connectivity index (χ1) is 5.18. The van der Waals surface area contributed by atoms with E-state index in [1.54, 1.807) is 6.20 Å². The third kappa shape index (κ3) is 2.55. The standard InChI is InChI=1S/C6H8N2O2S/c1-4(9)10-3-5-2-8-6(7)11-5/h2H,3H2,1H3,(H2,7,8). The van der Waals surface area contributed by atoms with Crippen LogP contribution in [0.25, 0.3) is 0 Å². The summed E-state index contributed by atoms with van der Waals surface area (Å²) in [6.45, 7) is 1.63. The van der Waals surface area contributed by atoms with Gasteiger partial charge in [-0.1, -0.05) is 11.3 Å². The zero-order valence-corrected chi connectivity index (χ0v) is 6.85. The van der Waals surface area contributed by atoms with Crippen LogP contribution >= 0.6 is 11.3 Å². The SMILES string of the molecule is CC(=O)OCc1cnc(N)s1. The molecule has 2 N–H and O–H groups in total. The molecule has 1 aromatic heterocycles. The maximum Gasteiger partial charge on any atom is 0.302 e. The van der Waals surface area contributed by atoms with Gasteiger partial charge in [-0.15, -0.1) is 0 Å². The number of hydrogen-bond acceptors (Lipinski definition) is 5. The van der Waals surface area contributed by atoms with Gasteiger partial charge in [0.1, 0.15) is 6.61 Å². The Balaban J connectivity index is 2.45. The average molecular weight is 172 g/mol. The summed E-state index contributed by atoms with van der Waals surface area (Å²) in [4.78, 5) is 15.0. The number of hydrogen-bond donors (Lipinski definition) is 1. The molecule has 1 aromatic rings. The summed E-state index contributed by atoms with van der Waals surface area (Å²) in [5, 5.41) is 0.493. The van der Waals surface area contributed by atoms with E-state index in [2.05, 4.69) is 4.98 Å². The molecule has 60 valence electrons. The first-order valence-corrected chi connectivity index (χ1v) is 3.83. The molecule has 0 unspecified atom stereocenters. The van der Waals surface area contributed by atoms with Crippen molar-refractivity contribution in [3.63, 3.8) is 0 Å². The number of aromatic nitrogens is 1. The fourth-order valence-electron chi connectivity index (χ4n) is 0.562. The zero-order chi connectivity index (χ0) is 8.27. The number of nitrogen functional groups attached to an aromatic ring is 1. The summed E-state index contributed by atoms with van der Waals surface area (Å²) in [6.07, 6.45) is 1.60. The molecule has 1 rings (SSSR count). The second-order valence-corrected chi connectivity index (χ2v) is 3.09. The second kappa shape index (κ2) is 3.34. The summed E-state index contributed by atoms with van der Waals surface area (Å²) in [5.41, 5.74) is 5.35. The monoisotopic (exact) mass is 172 g/mol. The molecule has 0 aromatic carbocycles. The van der Waals surface area contributed by atoms with Crippen molar-refractivity contribution in [2.45, 2.75) is 13.5 Å². The van der Waals surface area contributed by atoms with Gasteiger partial charge in [-0.25, -0.2) is 4.98 Å². The van der Waals surface area contributed by atoms with Crippen molar-refractivity contribution < 1.29 is 9.53 Å². The number of nitrogens with zero attached hydrogens (tertiary/aromatic N) is 1. The summed E-state index contributed by atoms with van der Waals surface area (Å²) in [6, 6.07) is 0. The molecule has 0 aliphatic rings. The number of carbonyl (C=O) groups excluding carboxylic acids is 1. The van der Waals surface area contributed by atoms with Gasteiger partial charge in [-0.05, 0) is 0 Å². The van der Waals surface area contributed by atoms with Crippen molar-refractivity contribution in [3.05, 3.63) is 11.1 Å². The van der Waals surface area contributed by atoms with Gasteiger partial charge in [0.2, 0.25) is 0 Å². The number of carbonyl (C=O) groups is 1. The minimum absolute atomic E-state index is 0.268. The lowest BCUT2D eigenvalue weighted by atomic mass is 10.6. The molecule has 0 fully saturated rings. The van der Waals surface area contributed by atoms with E-state index in [4.69, 9.17) is 10.5 Å². The predicted molar refractivity (Wildman–Crippen MR) is 42.0 cm³/mol. The zero-order valence-electron chi connectivity index (χ0n) is 6.03. The number of anilines is 1. The molecule has 0 spiro atoms. The van der Waals surface area contributed by atoms with E-state index in [1.165, 1.54) is 18.3 Å². The smallest absolute Gasteiger partial charge is 0.302 e. The topological polar surface area (TPSA) is 65.2 Å². The van der Waals surface area contributed by atoms with Crippen molar-refractivity contribution in [2.75, 3.05) is 5.73 Å². The van der Waals surface area contributed by atoms with Crippen LogP contribution in [-0.2, 0) is 16.1 Å². The van der Waals surface area contributed by atoms with Crippen LogP contribution in [0.3, 0.4) is 0 Å². The average Bonchev–Trinajstić information content (AvgIpc) is 2.31. The van der Waals surface area contributed by atoms with Crippen molar-refractivity contribution in [1.82, 2.24) is 4.98 Å². The summed E-state index contributed by atoms with van der Waals surface area (Å²) in [7, 11) is 0. The first-order valence-electron chi connectivity index (χ1n) is 3.02. The number of ether oxygens (including phenoxy) is 1. The Hall–Kier alpha value is -1.10. The Kier molecular flexibility index (Phi) is 2.43. The predicted octanol–water partition coefficient (Wildman–Crippen LogP) is 0.788. The lowest BCUT2D eigenvalue weighted by Gasteiger charge is -1.95. The molecule has 0 aliphatic carbocycles. The molecule has 4 nitrogen and oxygen atoms in total. The van der Waals surface area contributed by atoms with Crippen LogP contribution in [-0.4, -0.2) is 11.0 Å². The highest BCUT2D eigenvalue weighted by molar-refractivity contribution is 7.15. The van der Waals surface area contributed by atoms with Gasteiger partial charge in [0, 0.05) is 13.1 Å². The Bertz CT molecular complexity index is 259. The van der Waals surface area contributed by atoms with Crippen LogP contribution in [0.2, 0.25) is 0 Å². The van der Waals surface area contributed by atoms with Crippen LogP contribution < -0.4 is 5.73 Å². The molecule has 0 amide bonds. The lowest BCUT2D eigenvalue weighted by Crippen LogP contribution is -1.96. The van der Waals surface area contributed by atoms with E-state index in [0.717, 1.165) is 4.88 Å². The van der Waals surface area contributed by atoms with E-state index in [1.807, 2.05) is 0 Å². The Morgan fingerprint density at radius 1 is 1.91 bits per heavy atom. The second-order valence-electron chi connectivity index (χ2n) is 1.95. The van der Waals surface area contributed by atoms with Gasteiger partial charge in [0.15, 0.2) is 5.13 Å². The minimum Gasteiger partial charge on any atom is -0.460 e. The largest absolute Gasteiger partial charge is 0.460 e. The lowest BCUT2D eigenvalue weighted by molar-refractivity contribution is -0.142. The molecule has 0 bridgehead atoms. The molecule has 5 heteroatoms. The molecule has 0 saturated carbocycles. The number of rotatable bonds is 2. The summed E-state index contributed by atoms with van der Waals surface area (Å²) < 4.78 is 4.72. The van der Waals surface area contributed by atoms with Crippen LogP contribution in [0.15, 0.2) is 6.20 Å². The van der Waals surface area contributed by atoms with Crippen LogP contribution in [0.1, 0.15) is 11.8 Å². The highest BCUT2D eigenvalue weighted by Gasteiger charge is 1.99. The van der Waals surface area contributed by atoms with E-state index in [0.29, 0.717) is 5.13 Å². The molecular formula is C6H8N2O2S. The van der Waals surface area contributed by atoms with Crippen molar-refractivity contribution in [2.24, 2.45) is 0 Å². The maximum atomic E-state index is 10.4. The molecule has 11 heavy (non-hydrogen) atoms. The molecule has 0 saturated heterocycles. The van der Waals surface area contributed by atoms with Gasteiger partial charge in [0.05, 0.1) is 4.88 Å². The number of thiazole rings is 1. The molecule has 0 aliphatic heterocycles. The van der Waals surface area contributed by atoms with Gasteiger partial charge >= 0.3 is 5.97 Å². The number of nitrogens with two attached hydrogens (primary N) is 1. The molecular weight excluding hydrogens is 164 g/mol. The van der Waals surface area contributed by atoms with Gasteiger partial charge < -0.3 is 10.5 Å². The van der Waals surface area contributed by atoms with Gasteiger partial charge in [0.25, 0.3) is 0 Å². The third-order valence-corrected chi connectivity index (χ3v) is 1.79. The van der Waals surface area contributed by atoms with E-state index >= 15 is 0 Å².